The van der Waals surface area contributed by atoms with Crippen molar-refractivity contribution in [2.45, 2.75) is 12.5 Å². The lowest BCUT2D eigenvalue weighted by molar-refractivity contribution is 0.137. The summed E-state index contributed by atoms with van der Waals surface area (Å²) in [6.07, 6.45) is 19.1. The topological polar surface area (TPSA) is 60.8 Å². The van der Waals surface area contributed by atoms with Crippen LogP contribution in [0.5, 0.6) is 0 Å². The van der Waals surface area contributed by atoms with Gasteiger partial charge in [-0.1, -0.05) is 30.4 Å². The zero-order valence-corrected chi connectivity index (χ0v) is 9.81. The van der Waals surface area contributed by atoms with Crippen molar-refractivity contribution in [3.8, 4) is 0 Å². The van der Waals surface area contributed by atoms with Gasteiger partial charge in [-0.05, 0) is 24.1 Å². The Morgan fingerprint density at radius 3 is 2.78 bits per heavy atom. The number of carbonyl (C=O) groups is 1. The second-order valence-corrected chi connectivity index (χ2v) is 4.20. The van der Waals surface area contributed by atoms with Gasteiger partial charge in [-0.25, -0.2) is 4.79 Å². The minimum absolute atomic E-state index is 0.529. The average Bonchev–Trinajstić information content (AvgIpc) is 2.38. The Kier molecular flexibility index (Phi) is 3.67. The number of carboxylic acid groups (broad SMARTS) is 2. The third-order valence-electron chi connectivity index (χ3n) is 3.12. The molecular weight excluding hydrogens is 230 g/mol. The van der Waals surface area contributed by atoms with Gasteiger partial charge >= 0.3 is 6.16 Å². The predicted molar refractivity (Wildman–Crippen MR) is 69.0 cm³/mol. The summed E-state index contributed by atoms with van der Waals surface area (Å²) in [7, 11) is 0. The highest BCUT2D eigenvalue weighted by Gasteiger charge is 2.28. The van der Waals surface area contributed by atoms with Crippen molar-refractivity contribution in [1.29, 1.82) is 0 Å². The molecule has 0 saturated heterocycles. The summed E-state index contributed by atoms with van der Waals surface area (Å²) in [6.45, 7) is 0. The van der Waals surface area contributed by atoms with Gasteiger partial charge in [0.2, 0.25) is 0 Å². The van der Waals surface area contributed by atoms with Gasteiger partial charge < -0.3 is 15.1 Å². The molecule has 0 spiro atoms. The van der Waals surface area contributed by atoms with Gasteiger partial charge in [0, 0.05) is 18.3 Å². The Bertz CT molecular complexity index is 467. The highest BCUT2D eigenvalue weighted by atomic mass is 16.6. The molecule has 3 aliphatic rings. The van der Waals surface area contributed by atoms with Crippen molar-refractivity contribution in [3.63, 3.8) is 0 Å². The first-order valence-electron chi connectivity index (χ1n) is 5.78. The SMILES string of the molecule is C1=CCC2C(=C1)C=CN1C=CC=CC21.O=C(O)O. The summed E-state index contributed by atoms with van der Waals surface area (Å²) < 4.78 is 0. The third-order valence-corrected chi connectivity index (χ3v) is 3.12. The number of nitrogens with zero attached hydrogens (tertiary/aromatic N) is 1. The fraction of sp³-hybridized carbons (Fsp3) is 0.214. The van der Waals surface area contributed by atoms with E-state index in [1.807, 2.05) is 0 Å². The van der Waals surface area contributed by atoms with Crippen LogP contribution in [0.3, 0.4) is 0 Å². The second-order valence-electron chi connectivity index (χ2n) is 4.20. The minimum Gasteiger partial charge on any atom is -0.450 e. The fourth-order valence-electron chi connectivity index (χ4n) is 2.37. The summed E-state index contributed by atoms with van der Waals surface area (Å²) in [4.78, 5) is 10.8. The van der Waals surface area contributed by atoms with Crippen LogP contribution in [0.25, 0.3) is 0 Å². The molecule has 0 amide bonds. The van der Waals surface area contributed by atoms with E-state index >= 15 is 0 Å². The van der Waals surface area contributed by atoms with E-state index in [9.17, 15) is 0 Å². The molecule has 0 bridgehead atoms. The molecule has 0 fully saturated rings. The Hall–Kier alpha value is -2.23. The fourth-order valence-corrected chi connectivity index (χ4v) is 2.37. The molecule has 0 saturated carbocycles. The molecule has 18 heavy (non-hydrogen) atoms. The Morgan fingerprint density at radius 2 is 2.00 bits per heavy atom. The number of hydrogen-bond acceptors (Lipinski definition) is 2. The molecule has 94 valence electrons. The van der Waals surface area contributed by atoms with E-state index in [4.69, 9.17) is 15.0 Å². The number of allylic oxidation sites excluding steroid dienone is 6. The van der Waals surface area contributed by atoms with E-state index < -0.39 is 6.16 Å². The van der Waals surface area contributed by atoms with Crippen LogP contribution in [-0.2, 0) is 0 Å². The molecule has 0 aromatic heterocycles. The van der Waals surface area contributed by atoms with E-state index in [1.165, 1.54) is 5.57 Å². The van der Waals surface area contributed by atoms with Gasteiger partial charge in [0.05, 0.1) is 6.04 Å². The van der Waals surface area contributed by atoms with Crippen molar-refractivity contribution >= 4 is 6.16 Å². The third kappa shape index (κ3) is 2.71. The van der Waals surface area contributed by atoms with Crippen LogP contribution in [-0.4, -0.2) is 27.3 Å². The molecule has 2 heterocycles. The van der Waals surface area contributed by atoms with Crippen LogP contribution in [0.15, 0.2) is 60.5 Å². The van der Waals surface area contributed by atoms with Crippen LogP contribution in [0, 0.1) is 5.92 Å². The first-order valence-corrected chi connectivity index (χ1v) is 5.78. The van der Waals surface area contributed by atoms with Gasteiger partial charge in [0.1, 0.15) is 0 Å². The Balaban J connectivity index is 0.000000267. The molecule has 2 atom stereocenters. The number of rotatable bonds is 0. The largest absolute Gasteiger partial charge is 0.503 e. The van der Waals surface area contributed by atoms with E-state index in [0.717, 1.165) is 6.42 Å². The first-order chi connectivity index (χ1) is 8.68. The molecule has 2 aliphatic heterocycles. The summed E-state index contributed by atoms with van der Waals surface area (Å²) in [6, 6.07) is 0.529. The minimum atomic E-state index is -1.83. The van der Waals surface area contributed by atoms with Crippen molar-refractivity contribution in [2.75, 3.05) is 0 Å². The molecular formula is C14H15NO3. The summed E-state index contributed by atoms with van der Waals surface area (Å²) in [5.41, 5.74) is 1.47. The highest BCUT2D eigenvalue weighted by molar-refractivity contribution is 5.53. The molecule has 3 rings (SSSR count). The van der Waals surface area contributed by atoms with Crippen LogP contribution >= 0.6 is 0 Å². The zero-order chi connectivity index (χ0) is 13.0. The van der Waals surface area contributed by atoms with Crippen LogP contribution in [0.1, 0.15) is 6.42 Å². The van der Waals surface area contributed by atoms with E-state index in [1.54, 1.807) is 0 Å². The highest BCUT2D eigenvalue weighted by Crippen LogP contribution is 2.33. The molecule has 1 aliphatic carbocycles. The molecule has 2 unspecified atom stereocenters. The molecule has 4 heteroatoms. The van der Waals surface area contributed by atoms with E-state index in [2.05, 4.69) is 59.8 Å². The molecule has 0 aromatic carbocycles. The van der Waals surface area contributed by atoms with Crippen molar-refractivity contribution < 1.29 is 15.0 Å². The average molecular weight is 245 g/mol. The van der Waals surface area contributed by atoms with Crippen molar-refractivity contribution in [2.24, 2.45) is 5.92 Å². The standard InChI is InChI=1S/C13H13N.CH2O3/c1-2-6-12-11(5-1)8-10-14-9-4-3-7-13(12)14;2-1(3)4/h1-5,7-10,12-13H,6H2;(H2,2,3,4). The summed E-state index contributed by atoms with van der Waals surface area (Å²) in [5, 5.41) is 13.9. The maximum absolute atomic E-state index is 8.56. The number of fused-ring (bicyclic) bond motifs is 3. The lowest BCUT2D eigenvalue weighted by Gasteiger charge is -2.38. The quantitative estimate of drug-likeness (QED) is 0.688. The lowest BCUT2D eigenvalue weighted by atomic mass is 9.82. The molecule has 0 radical (unpaired) electrons. The monoisotopic (exact) mass is 245 g/mol. The van der Waals surface area contributed by atoms with Crippen molar-refractivity contribution in [3.05, 3.63) is 60.5 Å². The normalized spacial score (nSPS) is 26.7. The summed E-state index contributed by atoms with van der Waals surface area (Å²) >= 11 is 0. The zero-order valence-electron chi connectivity index (χ0n) is 9.81. The Morgan fingerprint density at radius 1 is 1.22 bits per heavy atom. The van der Waals surface area contributed by atoms with Gasteiger partial charge in [0.15, 0.2) is 0 Å². The molecule has 4 nitrogen and oxygen atoms in total. The second kappa shape index (κ2) is 5.40. The first kappa shape index (κ1) is 12.2. The Labute approximate surface area is 106 Å². The van der Waals surface area contributed by atoms with Crippen molar-refractivity contribution in [1.82, 2.24) is 4.90 Å². The number of hydrogen-bond donors (Lipinski definition) is 2. The van der Waals surface area contributed by atoms with Gasteiger partial charge in [-0.15, -0.1) is 0 Å². The van der Waals surface area contributed by atoms with Gasteiger partial charge in [-0.3, -0.25) is 0 Å². The maximum atomic E-state index is 8.56. The van der Waals surface area contributed by atoms with Crippen LogP contribution < -0.4 is 0 Å². The predicted octanol–water partition coefficient (Wildman–Crippen LogP) is 2.99. The maximum Gasteiger partial charge on any atom is 0.503 e. The van der Waals surface area contributed by atoms with Gasteiger partial charge in [-0.2, -0.15) is 0 Å². The molecule has 0 aromatic rings. The smallest absolute Gasteiger partial charge is 0.450 e. The summed E-state index contributed by atoms with van der Waals surface area (Å²) in [5.74, 6) is 0.645. The van der Waals surface area contributed by atoms with Crippen LogP contribution in [0.4, 0.5) is 4.79 Å². The van der Waals surface area contributed by atoms with E-state index in [0.29, 0.717) is 12.0 Å². The van der Waals surface area contributed by atoms with E-state index in [-0.39, 0.29) is 0 Å². The molecule has 2 N–H and O–H groups in total. The van der Waals surface area contributed by atoms with Crippen LogP contribution in [0.2, 0.25) is 0 Å². The lowest BCUT2D eigenvalue weighted by Crippen LogP contribution is -2.37. The van der Waals surface area contributed by atoms with Gasteiger partial charge in [0.25, 0.3) is 0 Å².